The highest BCUT2D eigenvalue weighted by Crippen LogP contribution is 2.56. The maximum Gasteiger partial charge on any atom is 0.212 e. The van der Waals surface area contributed by atoms with Gasteiger partial charge < -0.3 is 28.6 Å². The summed E-state index contributed by atoms with van der Waals surface area (Å²) < 4.78 is 32.4. The number of methoxy groups -OCH3 is 1. The van der Waals surface area contributed by atoms with Crippen LogP contribution in [0.5, 0.6) is 46.0 Å². The van der Waals surface area contributed by atoms with Crippen LogP contribution in [-0.2, 0) is 25.7 Å². The molecule has 2 atom stereocenters. The summed E-state index contributed by atoms with van der Waals surface area (Å²) >= 11 is 0. The summed E-state index contributed by atoms with van der Waals surface area (Å²) in [5.41, 5.74) is 7.42. The van der Waals surface area contributed by atoms with Gasteiger partial charge in [0.05, 0.1) is 7.11 Å². The van der Waals surface area contributed by atoms with Gasteiger partial charge in [0.2, 0.25) is 5.75 Å². The number of hydrogen-bond acceptors (Lipinski definition) is 8. The van der Waals surface area contributed by atoms with Gasteiger partial charge in [-0.15, -0.1) is 0 Å². The third-order valence-electron chi connectivity index (χ3n) is 10.2. The zero-order valence-electron chi connectivity index (χ0n) is 28.0. The summed E-state index contributed by atoms with van der Waals surface area (Å²) in [5.74, 6) is 5.96. The second-order valence-electron chi connectivity index (χ2n) is 13.6. The van der Waals surface area contributed by atoms with E-state index >= 15 is 0 Å². The van der Waals surface area contributed by atoms with Crippen molar-refractivity contribution in [1.29, 1.82) is 0 Å². The van der Waals surface area contributed by atoms with Crippen molar-refractivity contribution in [2.24, 2.45) is 0 Å². The molecule has 8 heteroatoms. The van der Waals surface area contributed by atoms with Crippen LogP contribution in [0.1, 0.15) is 45.5 Å². The first-order chi connectivity index (χ1) is 22.8. The number of fused-ring (bicyclic) bond motifs is 2. The molecule has 0 saturated carbocycles. The van der Waals surface area contributed by atoms with Crippen molar-refractivity contribution >= 4 is 0 Å². The summed E-state index contributed by atoms with van der Waals surface area (Å²) in [6.07, 6.45) is 3.51. The number of likely N-dealkylation sites (N-methyl/N-ethyl adjacent to an activating group) is 3. The van der Waals surface area contributed by atoms with Gasteiger partial charge in [-0.2, -0.15) is 0 Å². The molecule has 5 aliphatic heterocycles. The van der Waals surface area contributed by atoms with E-state index in [0.717, 1.165) is 85.6 Å². The second kappa shape index (κ2) is 12.1. The van der Waals surface area contributed by atoms with Crippen LogP contribution in [0, 0.1) is 0 Å². The average Bonchev–Trinajstić information content (AvgIpc) is 3.06. The van der Waals surface area contributed by atoms with E-state index in [-0.39, 0.29) is 12.1 Å². The van der Waals surface area contributed by atoms with Gasteiger partial charge in [-0.25, -0.2) is 0 Å². The van der Waals surface area contributed by atoms with Crippen molar-refractivity contribution < 1.29 is 23.7 Å². The lowest BCUT2D eigenvalue weighted by atomic mass is 9.86. The molecule has 4 aromatic rings. The first kappa shape index (κ1) is 30.1. The van der Waals surface area contributed by atoms with E-state index in [1.54, 1.807) is 7.11 Å². The zero-order chi connectivity index (χ0) is 32.2. The Bertz CT molecular complexity index is 1820. The van der Waals surface area contributed by atoms with Gasteiger partial charge in [-0.3, -0.25) is 9.80 Å². The van der Waals surface area contributed by atoms with E-state index in [4.69, 9.17) is 23.7 Å². The van der Waals surface area contributed by atoms with Gasteiger partial charge in [0, 0.05) is 37.3 Å². The van der Waals surface area contributed by atoms with E-state index in [0.29, 0.717) is 12.4 Å². The van der Waals surface area contributed by atoms with Crippen LogP contribution in [0.4, 0.5) is 0 Å². The highest BCUT2D eigenvalue weighted by atomic mass is 16.6. The van der Waals surface area contributed by atoms with E-state index in [2.05, 4.69) is 104 Å². The van der Waals surface area contributed by atoms with Crippen molar-refractivity contribution in [2.45, 2.75) is 37.8 Å². The molecule has 7 bridgehead atoms. The molecule has 0 N–H and O–H groups in total. The molecule has 47 heavy (non-hydrogen) atoms. The molecule has 0 saturated heterocycles. The van der Waals surface area contributed by atoms with Crippen LogP contribution in [0.2, 0.25) is 0 Å². The molecule has 244 valence electrons. The Morgan fingerprint density at radius 1 is 0.723 bits per heavy atom. The number of nitrogens with zero attached hydrogens (tertiary/aromatic N) is 3. The molecule has 0 aliphatic carbocycles. The van der Waals surface area contributed by atoms with Crippen molar-refractivity contribution in [3.05, 3.63) is 94.0 Å². The number of benzene rings is 4. The summed E-state index contributed by atoms with van der Waals surface area (Å²) in [5, 5.41) is 0. The van der Waals surface area contributed by atoms with Gasteiger partial charge in [-0.1, -0.05) is 18.2 Å². The molecule has 4 aromatic carbocycles. The van der Waals surface area contributed by atoms with E-state index in [1.807, 2.05) is 0 Å². The Kier molecular flexibility index (Phi) is 7.75. The minimum Gasteiger partial charge on any atom is -0.493 e. The van der Waals surface area contributed by atoms with Crippen LogP contribution >= 0.6 is 0 Å². The first-order valence-electron chi connectivity index (χ1n) is 16.7. The maximum absolute atomic E-state index is 6.94. The normalized spacial score (nSPS) is 19.8. The molecule has 0 fully saturated rings. The summed E-state index contributed by atoms with van der Waals surface area (Å²) in [7, 11) is 10.2. The van der Waals surface area contributed by atoms with Crippen LogP contribution in [0.3, 0.4) is 0 Å². The fraction of sp³-hybridized carbons (Fsp3) is 0.385. The number of hydrogen-bond donors (Lipinski definition) is 0. The van der Waals surface area contributed by atoms with Crippen LogP contribution in [0.25, 0.3) is 0 Å². The Hall–Kier alpha value is -4.24. The summed E-state index contributed by atoms with van der Waals surface area (Å²) in [4.78, 5) is 6.99. The highest BCUT2D eigenvalue weighted by Gasteiger charge is 2.37. The predicted octanol–water partition coefficient (Wildman–Crippen LogP) is 7.18. The Morgan fingerprint density at radius 3 is 2.21 bits per heavy atom. The van der Waals surface area contributed by atoms with Gasteiger partial charge in [0.15, 0.2) is 34.5 Å². The van der Waals surface area contributed by atoms with Gasteiger partial charge in [0.1, 0.15) is 12.4 Å². The molecule has 9 rings (SSSR count). The van der Waals surface area contributed by atoms with Crippen LogP contribution in [0.15, 0.2) is 60.7 Å². The topological polar surface area (TPSA) is 55.9 Å². The third-order valence-corrected chi connectivity index (χ3v) is 10.2. The molecule has 2 unspecified atom stereocenters. The van der Waals surface area contributed by atoms with Crippen LogP contribution < -0.4 is 23.7 Å². The Labute approximate surface area is 277 Å². The Balaban J connectivity index is 1.27. The van der Waals surface area contributed by atoms with Gasteiger partial charge in [-0.05, 0) is 124 Å². The van der Waals surface area contributed by atoms with Crippen molar-refractivity contribution in [1.82, 2.24) is 14.7 Å². The number of ether oxygens (including phenoxy) is 5. The quantitative estimate of drug-likeness (QED) is 0.202. The zero-order valence-corrected chi connectivity index (χ0v) is 28.0. The predicted molar refractivity (Wildman–Crippen MR) is 182 cm³/mol. The standard InChI is InChI=1S/C39H43N3O5/c1-40(2)16-17-44-32-11-8-25-19-30-29-23-35-34(21-26(29)12-14-41(30)3)46-38-36(43-5)22-27-13-15-42(4)31(37(27)39(38)47-35)18-24-6-9-28(10-7-24)45-33(32)20-25/h6-11,20-23,30-31H,12-19H2,1-5H3. The van der Waals surface area contributed by atoms with Crippen molar-refractivity contribution in [3.8, 4) is 46.0 Å². The lowest BCUT2D eigenvalue weighted by molar-refractivity contribution is 0.218. The fourth-order valence-corrected chi connectivity index (χ4v) is 7.50. The molecule has 8 nitrogen and oxygen atoms in total. The lowest BCUT2D eigenvalue weighted by Gasteiger charge is -2.39. The minimum absolute atomic E-state index is 0.110. The SMILES string of the molecule is COc1cc2c3c4c1Oc1cc5c(cc1O4)C(Cc1ccc(OCCN(C)C)c(c1)Oc1ccc(cc1)CC3N(C)CC2)N(C)CC5. The van der Waals surface area contributed by atoms with E-state index < -0.39 is 0 Å². The summed E-state index contributed by atoms with van der Waals surface area (Å²) in [6, 6.07) is 21.7. The fourth-order valence-electron chi connectivity index (χ4n) is 7.50. The average molecular weight is 634 g/mol. The molecule has 0 radical (unpaired) electrons. The second-order valence-corrected chi connectivity index (χ2v) is 13.6. The highest BCUT2D eigenvalue weighted by molar-refractivity contribution is 5.67. The molecule has 5 heterocycles. The molecule has 0 aromatic heterocycles. The number of rotatable bonds is 5. The van der Waals surface area contributed by atoms with Crippen LogP contribution in [-0.4, -0.2) is 76.2 Å². The minimum atomic E-state index is 0.110. The van der Waals surface area contributed by atoms with Crippen molar-refractivity contribution in [2.75, 3.05) is 61.5 Å². The molecular formula is C39H43N3O5. The third kappa shape index (κ3) is 5.58. The Morgan fingerprint density at radius 2 is 1.43 bits per heavy atom. The monoisotopic (exact) mass is 633 g/mol. The summed E-state index contributed by atoms with van der Waals surface area (Å²) in [6.45, 7) is 3.32. The van der Waals surface area contributed by atoms with Gasteiger partial charge in [0.25, 0.3) is 0 Å². The largest absolute Gasteiger partial charge is 0.493 e. The molecule has 0 amide bonds. The van der Waals surface area contributed by atoms with Crippen molar-refractivity contribution in [3.63, 3.8) is 0 Å². The smallest absolute Gasteiger partial charge is 0.212 e. The van der Waals surface area contributed by atoms with E-state index in [9.17, 15) is 0 Å². The first-order valence-corrected chi connectivity index (χ1v) is 16.7. The van der Waals surface area contributed by atoms with Gasteiger partial charge >= 0.3 is 0 Å². The van der Waals surface area contributed by atoms with E-state index in [1.165, 1.54) is 33.4 Å². The lowest BCUT2D eigenvalue weighted by Crippen LogP contribution is -2.34. The molecular weight excluding hydrogens is 590 g/mol. The molecule has 0 spiro atoms. The maximum atomic E-state index is 6.94. The molecule has 5 aliphatic rings.